The molecule has 1 aromatic heterocycles. The van der Waals surface area contributed by atoms with Gasteiger partial charge in [0.2, 0.25) is 5.91 Å². The van der Waals surface area contributed by atoms with E-state index >= 15 is 0 Å². The van der Waals surface area contributed by atoms with E-state index in [-0.39, 0.29) is 11.2 Å². The van der Waals surface area contributed by atoms with Gasteiger partial charge in [-0.15, -0.1) is 0 Å². The first kappa shape index (κ1) is 17.5. The lowest BCUT2D eigenvalue weighted by molar-refractivity contribution is -0.133. The number of nitrogens with zero attached hydrogens (tertiary/aromatic N) is 4. The molecule has 1 unspecified atom stereocenters. The monoisotopic (exact) mass is 333 g/mol. The van der Waals surface area contributed by atoms with Gasteiger partial charge >= 0.3 is 0 Å². The average molecular weight is 333 g/mol. The summed E-state index contributed by atoms with van der Waals surface area (Å²) in [6, 6.07) is 4.07. The van der Waals surface area contributed by atoms with Crippen molar-refractivity contribution in [3.8, 4) is 6.07 Å². The number of rotatable bonds is 4. The fourth-order valence-electron chi connectivity index (χ4n) is 2.97. The van der Waals surface area contributed by atoms with Gasteiger partial charge in [-0.25, -0.2) is 9.97 Å². The number of nitrogens with two attached hydrogens (primary N) is 1. The highest BCUT2D eigenvalue weighted by molar-refractivity contribution is 8.00. The van der Waals surface area contributed by atoms with Crippen LogP contribution in [0.1, 0.15) is 44.7 Å². The maximum atomic E-state index is 12.7. The van der Waals surface area contributed by atoms with Crippen molar-refractivity contribution in [2.45, 2.75) is 61.9 Å². The highest BCUT2D eigenvalue weighted by Gasteiger charge is 2.40. The molecule has 1 aliphatic rings. The summed E-state index contributed by atoms with van der Waals surface area (Å²) in [5, 5.41) is 9.74. The predicted octanol–water partition coefficient (Wildman–Crippen LogP) is 2.53. The molecule has 6 nitrogen and oxygen atoms in total. The van der Waals surface area contributed by atoms with Crippen LogP contribution in [-0.4, -0.2) is 38.6 Å². The van der Waals surface area contributed by atoms with Crippen LogP contribution in [0.5, 0.6) is 0 Å². The van der Waals surface area contributed by atoms with Crippen molar-refractivity contribution in [1.29, 1.82) is 5.26 Å². The molecule has 1 atom stereocenters. The highest BCUT2D eigenvalue weighted by atomic mass is 32.2. The lowest BCUT2D eigenvalue weighted by Crippen LogP contribution is -2.52. The van der Waals surface area contributed by atoms with Crippen LogP contribution >= 0.6 is 11.8 Å². The molecule has 1 heterocycles. The Balaban J connectivity index is 2.10. The molecule has 0 spiro atoms. The largest absolute Gasteiger partial charge is 0.384 e. The van der Waals surface area contributed by atoms with Crippen molar-refractivity contribution >= 4 is 23.5 Å². The zero-order valence-electron chi connectivity index (χ0n) is 13.9. The zero-order valence-corrected chi connectivity index (χ0v) is 14.7. The van der Waals surface area contributed by atoms with Crippen LogP contribution in [-0.2, 0) is 4.79 Å². The van der Waals surface area contributed by atoms with Gasteiger partial charge in [-0.1, -0.05) is 31.0 Å². The average Bonchev–Trinajstić information content (AvgIpc) is 2.53. The minimum atomic E-state index is -0.670. The van der Waals surface area contributed by atoms with Crippen LogP contribution in [0.4, 0.5) is 5.82 Å². The summed E-state index contributed by atoms with van der Waals surface area (Å²) >= 11 is 1.28. The molecule has 0 aliphatic heterocycles. The second-order valence-corrected chi connectivity index (χ2v) is 7.39. The Bertz CT molecular complexity index is 601. The molecule has 124 valence electrons. The lowest BCUT2D eigenvalue weighted by atomic mass is 9.81. The quantitative estimate of drug-likeness (QED) is 0.672. The van der Waals surface area contributed by atoms with Crippen molar-refractivity contribution < 1.29 is 4.79 Å². The van der Waals surface area contributed by atoms with E-state index in [1.807, 2.05) is 13.8 Å². The minimum absolute atomic E-state index is 0.0675. The topological polar surface area (TPSA) is 95.9 Å². The van der Waals surface area contributed by atoms with E-state index in [1.165, 1.54) is 11.8 Å². The van der Waals surface area contributed by atoms with Crippen LogP contribution in [0.15, 0.2) is 11.2 Å². The molecule has 1 aromatic rings. The highest BCUT2D eigenvalue weighted by Crippen LogP contribution is 2.34. The van der Waals surface area contributed by atoms with Crippen molar-refractivity contribution in [3.05, 3.63) is 11.8 Å². The molecule has 0 aromatic carbocycles. The van der Waals surface area contributed by atoms with Crippen LogP contribution in [0.25, 0.3) is 0 Å². The number of thioether (sulfide) groups is 1. The number of carbonyl (C=O) groups excluding carboxylic acids is 1. The minimum Gasteiger partial charge on any atom is -0.384 e. The van der Waals surface area contributed by atoms with Gasteiger partial charge in [0.1, 0.15) is 11.4 Å². The number of nitrogen functional groups attached to an aromatic ring is 1. The Morgan fingerprint density at radius 2 is 2.09 bits per heavy atom. The van der Waals surface area contributed by atoms with E-state index in [4.69, 9.17) is 5.73 Å². The van der Waals surface area contributed by atoms with Gasteiger partial charge < -0.3 is 10.6 Å². The van der Waals surface area contributed by atoms with E-state index in [0.717, 1.165) is 37.8 Å². The zero-order chi connectivity index (χ0) is 17.0. The number of hydrogen-bond donors (Lipinski definition) is 1. The molecule has 23 heavy (non-hydrogen) atoms. The number of aromatic nitrogens is 2. The summed E-state index contributed by atoms with van der Waals surface area (Å²) in [6.07, 6.45) is 4.61. The summed E-state index contributed by atoms with van der Waals surface area (Å²) in [7, 11) is 1.74. The van der Waals surface area contributed by atoms with E-state index in [9.17, 15) is 10.1 Å². The van der Waals surface area contributed by atoms with E-state index in [2.05, 4.69) is 16.0 Å². The maximum absolute atomic E-state index is 12.7. The molecule has 0 saturated heterocycles. The van der Waals surface area contributed by atoms with Crippen LogP contribution in [0.3, 0.4) is 0 Å². The summed E-state index contributed by atoms with van der Waals surface area (Å²) in [5.41, 5.74) is 5.83. The molecule has 1 fully saturated rings. The van der Waals surface area contributed by atoms with Crippen LogP contribution < -0.4 is 5.73 Å². The summed E-state index contributed by atoms with van der Waals surface area (Å²) in [6.45, 7) is 3.66. The molecule has 0 radical (unpaired) electrons. The molecule has 0 bridgehead atoms. The Kier molecular flexibility index (Phi) is 5.47. The molecule has 2 N–H and O–H groups in total. The van der Waals surface area contributed by atoms with E-state index < -0.39 is 5.54 Å². The number of amides is 1. The molecular formula is C16H23N5OS. The summed E-state index contributed by atoms with van der Waals surface area (Å²) < 4.78 is 0. The van der Waals surface area contributed by atoms with Crippen molar-refractivity contribution in [2.75, 3.05) is 12.8 Å². The van der Waals surface area contributed by atoms with Crippen molar-refractivity contribution in [2.24, 2.45) is 0 Å². The SMILES string of the molecule is Cc1cc(N)nc(SC(C)C(=O)N(C)C2(C#N)CCCCC2)n1. The van der Waals surface area contributed by atoms with Crippen LogP contribution in [0.2, 0.25) is 0 Å². The third kappa shape index (κ3) is 3.94. The van der Waals surface area contributed by atoms with Gasteiger partial charge in [-0.2, -0.15) is 5.26 Å². The van der Waals surface area contributed by atoms with Gasteiger partial charge in [0.15, 0.2) is 5.16 Å². The third-order valence-corrected chi connectivity index (χ3v) is 5.29. The van der Waals surface area contributed by atoms with Gasteiger partial charge in [0.25, 0.3) is 0 Å². The second kappa shape index (κ2) is 7.18. The summed E-state index contributed by atoms with van der Waals surface area (Å²) in [4.78, 5) is 22.8. The number of anilines is 1. The fraction of sp³-hybridized carbons (Fsp3) is 0.625. The molecule has 7 heteroatoms. The molecule has 2 rings (SSSR count). The normalized spacial score (nSPS) is 18.0. The van der Waals surface area contributed by atoms with Gasteiger partial charge in [0.05, 0.1) is 11.3 Å². The van der Waals surface area contributed by atoms with Crippen molar-refractivity contribution in [3.63, 3.8) is 0 Å². The van der Waals surface area contributed by atoms with Gasteiger partial charge in [-0.3, -0.25) is 4.79 Å². The Labute approximate surface area is 141 Å². The first-order valence-electron chi connectivity index (χ1n) is 7.85. The Morgan fingerprint density at radius 3 is 2.65 bits per heavy atom. The summed E-state index contributed by atoms with van der Waals surface area (Å²) in [5.74, 6) is 0.330. The smallest absolute Gasteiger partial charge is 0.236 e. The second-order valence-electron chi connectivity index (χ2n) is 6.08. The number of nitriles is 1. The first-order valence-corrected chi connectivity index (χ1v) is 8.73. The number of hydrogen-bond acceptors (Lipinski definition) is 6. The Morgan fingerprint density at radius 1 is 1.43 bits per heavy atom. The lowest BCUT2D eigenvalue weighted by Gasteiger charge is -2.40. The molecule has 1 aliphatic carbocycles. The number of carbonyl (C=O) groups is 1. The van der Waals surface area contributed by atoms with Crippen LogP contribution in [0, 0.1) is 18.3 Å². The number of aryl methyl sites for hydroxylation is 1. The molecule has 1 saturated carbocycles. The van der Waals surface area contributed by atoms with E-state index in [0.29, 0.717) is 11.0 Å². The first-order chi connectivity index (χ1) is 10.9. The fourth-order valence-corrected chi connectivity index (χ4v) is 3.90. The standard InChI is InChI=1S/C16H23N5OS/c1-11-9-13(18)20-15(19-11)23-12(2)14(22)21(3)16(10-17)7-5-4-6-8-16/h9,12H,4-8H2,1-3H3,(H2,18,19,20). The predicted molar refractivity (Wildman–Crippen MR) is 90.7 cm³/mol. The third-order valence-electron chi connectivity index (χ3n) is 4.34. The van der Waals surface area contributed by atoms with Gasteiger partial charge in [0, 0.05) is 18.8 Å². The van der Waals surface area contributed by atoms with E-state index in [1.54, 1.807) is 18.0 Å². The van der Waals surface area contributed by atoms with Gasteiger partial charge in [-0.05, 0) is 26.7 Å². The Hall–Kier alpha value is -1.81. The molecule has 1 amide bonds. The van der Waals surface area contributed by atoms with Crippen molar-refractivity contribution in [1.82, 2.24) is 14.9 Å². The maximum Gasteiger partial charge on any atom is 0.236 e. The molecular weight excluding hydrogens is 310 g/mol.